The zero-order chi connectivity index (χ0) is 18.7. The van der Waals surface area contributed by atoms with Gasteiger partial charge in [-0.1, -0.05) is 29.8 Å². The van der Waals surface area contributed by atoms with Crippen LogP contribution in [0.2, 0.25) is 5.02 Å². The lowest BCUT2D eigenvalue weighted by Gasteiger charge is -2.12. The molecule has 0 N–H and O–H groups in total. The molecule has 0 spiro atoms. The van der Waals surface area contributed by atoms with Gasteiger partial charge < -0.3 is 9.47 Å². The van der Waals surface area contributed by atoms with Crippen LogP contribution in [0.3, 0.4) is 0 Å². The Morgan fingerprint density at radius 3 is 2.58 bits per heavy atom. The topological polar surface area (TPSA) is 55.8 Å². The molecular formula is C19H16ClNO4S. The van der Waals surface area contributed by atoms with E-state index in [2.05, 4.69) is 0 Å². The van der Waals surface area contributed by atoms with Crippen LogP contribution in [-0.2, 0) is 4.79 Å². The Morgan fingerprint density at radius 1 is 1.19 bits per heavy atom. The molecule has 0 saturated carbocycles. The molecule has 1 aliphatic heterocycles. The van der Waals surface area contributed by atoms with Gasteiger partial charge in [-0.3, -0.25) is 9.59 Å². The number of ether oxygens (including phenoxy) is 2. The van der Waals surface area contributed by atoms with Gasteiger partial charge in [-0.15, -0.1) is 0 Å². The predicted molar refractivity (Wildman–Crippen MR) is 104 cm³/mol. The lowest BCUT2D eigenvalue weighted by Crippen LogP contribution is -2.27. The molecule has 1 saturated heterocycles. The van der Waals surface area contributed by atoms with Crippen molar-refractivity contribution in [3.63, 3.8) is 0 Å². The fraction of sp³-hybridized carbons (Fsp3) is 0.158. The van der Waals surface area contributed by atoms with Gasteiger partial charge in [-0.25, -0.2) is 4.90 Å². The van der Waals surface area contributed by atoms with E-state index >= 15 is 0 Å². The summed E-state index contributed by atoms with van der Waals surface area (Å²) in [7, 11) is 1.52. The molecule has 5 nitrogen and oxygen atoms in total. The van der Waals surface area contributed by atoms with Gasteiger partial charge in [-0.05, 0) is 54.6 Å². The maximum absolute atomic E-state index is 12.7. The van der Waals surface area contributed by atoms with Crippen LogP contribution < -0.4 is 14.4 Å². The Morgan fingerprint density at radius 2 is 1.92 bits per heavy atom. The molecule has 2 aromatic carbocycles. The van der Waals surface area contributed by atoms with Crippen LogP contribution in [0.25, 0.3) is 6.08 Å². The summed E-state index contributed by atoms with van der Waals surface area (Å²) in [6.45, 7) is 2.30. The fourth-order valence-corrected chi connectivity index (χ4v) is 3.64. The number of methoxy groups -OCH3 is 1. The summed E-state index contributed by atoms with van der Waals surface area (Å²) in [6.07, 6.45) is 1.62. The monoisotopic (exact) mass is 389 g/mol. The number of anilines is 1. The molecule has 0 aromatic heterocycles. The molecule has 7 heteroatoms. The molecule has 0 radical (unpaired) electrons. The van der Waals surface area contributed by atoms with Gasteiger partial charge in [0.25, 0.3) is 11.1 Å². The fourth-order valence-electron chi connectivity index (χ4n) is 2.53. The number of nitrogens with zero attached hydrogens (tertiary/aromatic N) is 1. The number of rotatable bonds is 5. The largest absolute Gasteiger partial charge is 0.493 e. The van der Waals surface area contributed by atoms with Crippen LogP contribution in [0, 0.1) is 0 Å². The van der Waals surface area contributed by atoms with Crippen molar-refractivity contribution >= 4 is 46.3 Å². The third kappa shape index (κ3) is 3.57. The van der Waals surface area contributed by atoms with Crippen LogP contribution in [0.4, 0.5) is 10.5 Å². The minimum Gasteiger partial charge on any atom is -0.493 e. The smallest absolute Gasteiger partial charge is 0.298 e. The third-order valence-corrected chi connectivity index (χ3v) is 4.80. The van der Waals surface area contributed by atoms with E-state index in [-0.39, 0.29) is 11.1 Å². The number of halogens is 1. The zero-order valence-corrected chi connectivity index (χ0v) is 15.8. The number of carbonyl (C=O) groups is 2. The quantitative estimate of drug-likeness (QED) is 0.674. The summed E-state index contributed by atoms with van der Waals surface area (Å²) in [5.74, 6) is 0.550. The van der Waals surface area contributed by atoms with Crippen LogP contribution in [0.5, 0.6) is 11.5 Å². The highest BCUT2D eigenvalue weighted by Gasteiger charge is 2.36. The summed E-state index contributed by atoms with van der Waals surface area (Å²) < 4.78 is 10.8. The Balaban J connectivity index is 1.95. The van der Waals surface area contributed by atoms with Crippen LogP contribution in [0.15, 0.2) is 47.4 Å². The van der Waals surface area contributed by atoms with Gasteiger partial charge in [0, 0.05) is 0 Å². The van der Waals surface area contributed by atoms with E-state index in [1.54, 1.807) is 42.5 Å². The van der Waals surface area contributed by atoms with Gasteiger partial charge in [0.05, 0.1) is 29.3 Å². The number of hydrogen-bond acceptors (Lipinski definition) is 5. The minimum atomic E-state index is -0.366. The molecular weight excluding hydrogens is 374 g/mol. The van der Waals surface area contributed by atoms with Crippen LogP contribution >= 0.6 is 23.4 Å². The molecule has 0 atom stereocenters. The maximum Gasteiger partial charge on any atom is 0.298 e. The average molecular weight is 390 g/mol. The lowest BCUT2D eigenvalue weighted by molar-refractivity contribution is -0.113. The van der Waals surface area contributed by atoms with Crippen molar-refractivity contribution in [3.8, 4) is 11.5 Å². The Bertz CT molecular complexity index is 883. The van der Waals surface area contributed by atoms with Crippen molar-refractivity contribution in [2.75, 3.05) is 18.6 Å². The number of para-hydroxylation sites is 1. The molecule has 0 unspecified atom stereocenters. The normalized spacial score (nSPS) is 15.7. The lowest BCUT2D eigenvalue weighted by atomic mass is 10.1. The summed E-state index contributed by atoms with van der Waals surface area (Å²) in [4.78, 5) is 26.4. The number of imide groups is 1. The van der Waals surface area contributed by atoms with E-state index in [4.69, 9.17) is 21.1 Å². The standard InChI is InChI=1S/C19H16ClNO4S/c1-3-25-17-14(20)9-12(10-15(17)24-2)11-16-18(22)21(19(23)26-16)13-7-5-4-6-8-13/h4-11H,3H2,1-2H3/b16-11-. The van der Waals surface area contributed by atoms with Gasteiger partial charge in [-0.2, -0.15) is 0 Å². The van der Waals surface area contributed by atoms with Gasteiger partial charge in [0.1, 0.15) is 0 Å². The van der Waals surface area contributed by atoms with Crippen molar-refractivity contribution in [1.82, 2.24) is 0 Å². The van der Waals surface area contributed by atoms with Crippen molar-refractivity contribution in [2.24, 2.45) is 0 Å². The summed E-state index contributed by atoms with van der Waals surface area (Å²) in [5.41, 5.74) is 1.19. The predicted octanol–water partition coefficient (Wildman–Crippen LogP) is 4.99. The number of hydrogen-bond donors (Lipinski definition) is 0. The molecule has 134 valence electrons. The Labute approximate surface area is 160 Å². The third-order valence-electron chi connectivity index (χ3n) is 3.65. The van der Waals surface area contributed by atoms with Crippen LogP contribution in [-0.4, -0.2) is 24.9 Å². The Hall–Kier alpha value is -2.44. The summed E-state index contributed by atoms with van der Waals surface area (Å²) in [5, 5.41) is 0.0381. The number of carbonyl (C=O) groups excluding carboxylic acids is 2. The SMILES string of the molecule is CCOc1c(Cl)cc(/C=C2\SC(=O)N(c3ccccc3)C2=O)cc1OC. The van der Waals surface area contributed by atoms with E-state index in [0.717, 1.165) is 16.7 Å². The molecule has 1 aliphatic rings. The highest BCUT2D eigenvalue weighted by molar-refractivity contribution is 8.19. The number of amides is 2. The van der Waals surface area contributed by atoms with Crippen molar-refractivity contribution in [2.45, 2.75) is 6.92 Å². The van der Waals surface area contributed by atoms with Crippen molar-refractivity contribution in [1.29, 1.82) is 0 Å². The summed E-state index contributed by atoms with van der Waals surface area (Å²) >= 11 is 7.15. The van der Waals surface area contributed by atoms with E-state index in [1.165, 1.54) is 7.11 Å². The minimum absolute atomic E-state index is 0.320. The molecule has 2 amide bonds. The van der Waals surface area contributed by atoms with Gasteiger partial charge in [0.2, 0.25) is 0 Å². The van der Waals surface area contributed by atoms with Gasteiger partial charge >= 0.3 is 0 Å². The van der Waals surface area contributed by atoms with E-state index in [1.807, 2.05) is 13.0 Å². The molecule has 1 fully saturated rings. The summed E-state index contributed by atoms with van der Waals surface area (Å²) in [6, 6.07) is 12.2. The second kappa shape index (κ2) is 7.85. The molecule has 2 aromatic rings. The molecule has 26 heavy (non-hydrogen) atoms. The highest BCUT2D eigenvalue weighted by Crippen LogP contribution is 2.39. The molecule has 0 bridgehead atoms. The zero-order valence-electron chi connectivity index (χ0n) is 14.2. The van der Waals surface area contributed by atoms with E-state index in [9.17, 15) is 9.59 Å². The van der Waals surface area contributed by atoms with E-state index in [0.29, 0.717) is 39.3 Å². The van der Waals surface area contributed by atoms with Crippen LogP contribution in [0.1, 0.15) is 12.5 Å². The first-order valence-corrected chi connectivity index (χ1v) is 9.08. The molecule has 0 aliphatic carbocycles. The second-order valence-corrected chi connectivity index (χ2v) is 6.72. The maximum atomic E-state index is 12.7. The molecule has 1 heterocycles. The first kappa shape index (κ1) is 18.4. The number of benzene rings is 2. The average Bonchev–Trinajstić information content (AvgIpc) is 2.91. The highest BCUT2D eigenvalue weighted by atomic mass is 35.5. The van der Waals surface area contributed by atoms with Crippen molar-refractivity contribution in [3.05, 3.63) is 58.0 Å². The first-order valence-electron chi connectivity index (χ1n) is 7.88. The number of thioether (sulfide) groups is 1. The molecule has 3 rings (SSSR count). The first-order chi connectivity index (χ1) is 12.5. The van der Waals surface area contributed by atoms with Gasteiger partial charge in [0.15, 0.2) is 11.5 Å². The van der Waals surface area contributed by atoms with Crippen molar-refractivity contribution < 1.29 is 19.1 Å². The Kier molecular flexibility index (Phi) is 5.54. The van der Waals surface area contributed by atoms with E-state index < -0.39 is 0 Å². The second-order valence-electron chi connectivity index (χ2n) is 5.32.